The Balaban J connectivity index is 0.000000552. The van der Waals surface area contributed by atoms with Gasteiger partial charge in [-0.1, -0.05) is 48.0 Å². The van der Waals surface area contributed by atoms with Crippen LogP contribution in [-0.2, 0) is 0 Å². The van der Waals surface area contributed by atoms with Gasteiger partial charge in [-0.25, -0.2) is 0 Å². The first kappa shape index (κ1) is 19.2. The molecule has 0 saturated heterocycles. The van der Waals surface area contributed by atoms with Crippen molar-refractivity contribution >= 4 is 23.8 Å². The van der Waals surface area contributed by atoms with E-state index in [1.165, 1.54) is 11.8 Å². The van der Waals surface area contributed by atoms with E-state index in [1.807, 2.05) is 61.5 Å². The van der Waals surface area contributed by atoms with Crippen LogP contribution < -0.4 is 5.73 Å². The van der Waals surface area contributed by atoms with Crippen molar-refractivity contribution in [2.75, 3.05) is 6.54 Å². The molecule has 134 valence electrons. The summed E-state index contributed by atoms with van der Waals surface area (Å²) in [5.74, 6) is 0.754. The lowest BCUT2D eigenvalue weighted by molar-refractivity contribution is 0.411. The number of para-hydroxylation sites is 1. The summed E-state index contributed by atoms with van der Waals surface area (Å²) in [4.78, 5) is 12.7. The molecular weight excluding hydrogens is 326 g/mol. The zero-order chi connectivity index (χ0) is 18.6. The summed E-state index contributed by atoms with van der Waals surface area (Å²) in [5.41, 5.74) is 7.89. The molecule has 2 N–H and O–H groups in total. The molecule has 0 radical (unpaired) electrons. The van der Waals surface area contributed by atoms with Gasteiger partial charge in [-0.3, -0.25) is 9.98 Å². The van der Waals surface area contributed by atoms with Crippen molar-refractivity contribution in [3.63, 3.8) is 0 Å². The molecule has 26 heavy (non-hydrogen) atoms. The molecule has 0 unspecified atom stereocenters. The molecule has 0 aliphatic rings. The van der Waals surface area contributed by atoms with E-state index in [4.69, 9.17) is 10.3 Å². The highest BCUT2D eigenvalue weighted by atomic mass is 16.5. The van der Waals surface area contributed by atoms with Crippen LogP contribution in [0, 0.1) is 6.92 Å². The van der Waals surface area contributed by atoms with Gasteiger partial charge >= 0.3 is 0 Å². The number of benzene rings is 2. The summed E-state index contributed by atoms with van der Waals surface area (Å²) in [5, 5.41) is 3.83. The monoisotopic (exact) mass is 349 g/mol. The zero-order valence-electron chi connectivity index (χ0n) is 15.0. The molecule has 3 aromatic rings. The van der Waals surface area contributed by atoms with E-state index in [1.54, 1.807) is 6.21 Å². The summed E-state index contributed by atoms with van der Waals surface area (Å²) >= 11 is 0. The zero-order valence-corrected chi connectivity index (χ0v) is 15.0. The Bertz CT molecular complexity index is 821. The molecular formula is C20H23N5O. The Morgan fingerprint density at radius 1 is 0.962 bits per heavy atom. The van der Waals surface area contributed by atoms with Crippen molar-refractivity contribution in [3.8, 4) is 0 Å². The van der Waals surface area contributed by atoms with E-state index >= 15 is 0 Å². The van der Waals surface area contributed by atoms with E-state index in [-0.39, 0.29) is 0 Å². The number of aromatic nitrogens is 2. The summed E-state index contributed by atoms with van der Waals surface area (Å²) in [6.07, 6.45) is 4.19. The number of aryl methyl sites for hydroxylation is 1. The maximum Gasteiger partial charge on any atom is 0.269 e. The van der Waals surface area contributed by atoms with Gasteiger partial charge < -0.3 is 10.3 Å². The summed E-state index contributed by atoms with van der Waals surface area (Å²) < 4.78 is 5.10. The second kappa shape index (κ2) is 10.7. The highest BCUT2D eigenvalue weighted by molar-refractivity contribution is 5.80. The molecule has 0 bridgehead atoms. The van der Waals surface area contributed by atoms with Gasteiger partial charge in [0, 0.05) is 0 Å². The average molecular weight is 349 g/mol. The Morgan fingerprint density at radius 3 is 2.23 bits per heavy atom. The minimum absolute atomic E-state index is 0.343. The first-order chi connectivity index (χ1) is 12.7. The molecule has 1 heterocycles. The topological polar surface area (TPSA) is 89.7 Å². The number of nitrogens with zero attached hydrogens (tertiary/aromatic N) is 4. The van der Waals surface area contributed by atoms with Crippen molar-refractivity contribution in [3.05, 3.63) is 71.9 Å². The molecule has 6 heteroatoms. The van der Waals surface area contributed by atoms with Gasteiger partial charge in [-0.2, -0.15) is 4.98 Å². The molecule has 0 atom stereocenters. The normalized spacial score (nSPS) is 10.9. The third-order valence-electron chi connectivity index (χ3n) is 3.19. The SMILES string of the molecule is CCCN.Cc1ccc(N=Cc2nc(C=Nc3ccccc3)no2)cc1. The van der Waals surface area contributed by atoms with Crippen molar-refractivity contribution in [1.29, 1.82) is 0 Å². The minimum Gasteiger partial charge on any atom is -0.333 e. The van der Waals surface area contributed by atoms with Gasteiger partial charge in [0.2, 0.25) is 5.82 Å². The average Bonchev–Trinajstić information content (AvgIpc) is 3.15. The molecule has 0 aliphatic heterocycles. The molecule has 1 aromatic heterocycles. The molecule has 0 amide bonds. The van der Waals surface area contributed by atoms with Gasteiger partial charge in [0.05, 0.1) is 23.8 Å². The third-order valence-corrected chi connectivity index (χ3v) is 3.19. The van der Waals surface area contributed by atoms with E-state index in [0.717, 1.165) is 24.3 Å². The maximum absolute atomic E-state index is 5.10. The lowest BCUT2D eigenvalue weighted by Crippen LogP contribution is -1.93. The largest absolute Gasteiger partial charge is 0.333 e. The van der Waals surface area contributed by atoms with E-state index in [0.29, 0.717) is 11.7 Å². The van der Waals surface area contributed by atoms with Crippen molar-refractivity contribution in [2.45, 2.75) is 20.3 Å². The standard InChI is InChI=1S/C17H14N4O.C3H9N/c1-13-7-9-15(10-8-13)19-12-17-20-16(21-22-17)11-18-14-5-3-2-4-6-14;1-2-3-4/h2-12H,1H3;2-4H2,1H3. The van der Waals surface area contributed by atoms with Crippen LogP contribution in [0.1, 0.15) is 30.6 Å². The van der Waals surface area contributed by atoms with Gasteiger partial charge in [0.1, 0.15) is 0 Å². The van der Waals surface area contributed by atoms with Gasteiger partial charge in [0.25, 0.3) is 5.89 Å². The van der Waals surface area contributed by atoms with Gasteiger partial charge in [0.15, 0.2) is 0 Å². The van der Waals surface area contributed by atoms with Crippen molar-refractivity contribution in [1.82, 2.24) is 10.1 Å². The Morgan fingerprint density at radius 2 is 1.58 bits per heavy atom. The second-order valence-corrected chi connectivity index (χ2v) is 5.47. The van der Waals surface area contributed by atoms with Crippen LogP contribution in [0.2, 0.25) is 0 Å². The molecule has 0 aliphatic carbocycles. The van der Waals surface area contributed by atoms with Crippen LogP contribution >= 0.6 is 0 Å². The minimum atomic E-state index is 0.343. The number of hydrogen-bond donors (Lipinski definition) is 1. The van der Waals surface area contributed by atoms with Crippen molar-refractivity contribution < 1.29 is 4.52 Å². The third kappa shape index (κ3) is 6.78. The molecule has 0 fully saturated rings. The molecule has 6 nitrogen and oxygen atoms in total. The first-order valence-electron chi connectivity index (χ1n) is 8.45. The van der Waals surface area contributed by atoms with Crippen LogP contribution in [0.15, 0.2) is 69.1 Å². The number of hydrogen-bond acceptors (Lipinski definition) is 6. The predicted molar refractivity (Wildman–Crippen MR) is 106 cm³/mol. The van der Waals surface area contributed by atoms with Gasteiger partial charge in [-0.05, 0) is 44.2 Å². The number of nitrogens with two attached hydrogens (primary N) is 1. The fourth-order valence-electron chi connectivity index (χ4n) is 1.76. The molecule has 0 saturated carbocycles. The highest BCUT2D eigenvalue weighted by Crippen LogP contribution is 2.12. The van der Waals surface area contributed by atoms with Crippen LogP contribution in [-0.4, -0.2) is 29.1 Å². The summed E-state index contributed by atoms with van der Waals surface area (Å²) in [7, 11) is 0. The van der Waals surface area contributed by atoms with E-state index < -0.39 is 0 Å². The fraction of sp³-hybridized carbons (Fsp3) is 0.200. The fourth-order valence-corrected chi connectivity index (χ4v) is 1.76. The lowest BCUT2D eigenvalue weighted by atomic mass is 10.2. The highest BCUT2D eigenvalue weighted by Gasteiger charge is 2.01. The number of rotatable bonds is 5. The lowest BCUT2D eigenvalue weighted by Gasteiger charge is -1.92. The smallest absolute Gasteiger partial charge is 0.269 e. The second-order valence-electron chi connectivity index (χ2n) is 5.47. The van der Waals surface area contributed by atoms with Crippen LogP contribution in [0.3, 0.4) is 0 Å². The molecule has 3 rings (SSSR count). The van der Waals surface area contributed by atoms with Crippen LogP contribution in [0.25, 0.3) is 0 Å². The first-order valence-corrected chi connectivity index (χ1v) is 8.45. The van der Waals surface area contributed by atoms with E-state index in [9.17, 15) is 0 Å². The predicted octanol–water partition coefficient (Wildman–Crippen LogP) is 4.23. The Kier molecular flexibility index (Phi) is 7.89. The van der Waals surface area contributed by atoms with E-state index in [2.05, 4.69) is 27.0 Å². The molecule has 0 spiro atoms. The Labute approximate surface area is 153 Å². The molecule has 2 aromatic carbocycles. The van der Waals surface area contributed by atoms with Gasteiger partial charge in [-0.15, -0.1) is 0 Å². The number of aliphatic imine (C=N–C) groups is 2. The van der Waals surface area contributed by atoms with Crippen LogP contribution in [0.4, 0.5) is 11.4 Å². The quantitative estimate of drug-likeness (QED) is 0.698. The summed E-state index contributed by atoms with van der Waals surface area (Å²) in [6, 6.07) is 17.4. The Hall–Kier alpha value is -3.12. The van der Waals surface area contributed by atoms with Crippen molar-refractivity contribution in [2.24, 2.45) is 15.7 Å². The summed E-state index contributed by atoms with van der Waals surface area (Å²) in [6.45, 7) is 4.91. The maximum atomic E-state index is 5.10. The van der Waals surface area contributed by atoms with Crippen LogP contribution in [0.5, 0.6) is 0 Å².